The van der Waals surface area contributed by atoms with E-state index in [1.807, 2.05) is 9.80 Å². The fraction of sp³-hybridized carbons (Fsp3) is 0.632. The van der Waals surface area contributed by atoms with Gasteiger partial charge in [-0.2, -0.15) is 4.31 Å². The van der Waals surface area contributed by atoms with Gasteiger partial charge in [-0.3, -0.25) is 9.69 Å². The van der Waals surface area contributed by atoms with Crippen LogP contribution in [0.3, 0.4) is 0 Å². The number of benzene rings is 1. The molecular weight excluding hydrogens is 421 g/mol. The number of likely N-dealkylation sites (tertiary alicyclic amines) is 1. The Balaban J connectivity index is 1.61. The van der Waals surface area contributed by atoms with Crippen LogP contribution in [0.2, 0.25) is 10.0 Å². The molecule has 1 aromatic rings. The van der Waals surface area contributed by atoms with Gasteiger partial charge in [0.2, 0.25) is 15.9 Å². The molecule has 0 aromatic heterocycles. The van der Waals surface area contributed by atoms with Crippen molar-refractivity contribution >= 4 is 39.1 Å². The van der Waals surface area contributed by atoms with Crippen LogP contribution in [0.1, 0.15) is 33.1 Å². The van der Waals surface area contributed by atoms with Crippen molar-refractivity contribution in [3.63, 3.8) is 0 Å². The van der Waals surface area contributed by atoms with E-state index in [1.54, 1.807) is 12.1 Å². The highest BCUT2D eigenvalue weighted by Crippen LogP contribution is 2.31. The highest BCUT2D eigenvalue weighted by atomic mass is 35.5. The first-order chi connectivity index (χ1) is 13.2. The lowest BCUT2D eigenvalue weighted by Crippen LogP contribution is -2.54. The third-order valence-corrected chi connectivity index (χ3v) is 8.58. The Bertz CT molecular complexity index is 816. The fourth-order valence-corrected chi connectivity index (χ4v) is 6.29. The largest absolute Gasteiger partial charge is 0.336 e. The van der Waals surface area contributed by atoms with Crippen LogP contribution in [-0.2, 0) is 14.8 Å². The molecule has 2 heterocycles. The molecule has 1 amide bonds. The van der Waals surface area contributed by atoms with Crippen molar-refractivity contribution < 1.29 is 13.2 Å². The molecule has 0 radical (unpaired) electrons. The molecule has 156 valence electrons. The number of hydrogen-bond donors (Lipinski definition) is 0. The van der Waals surface area contributed by atoms with E-state index < -0.39 is 10.0 Å². The van der Waals surface area contributed by atoms with E-state index in [2.05, 4.69) is 13.8 Å². The molecular formula is C19H27Cl2N3O3S. The van der Waals surface area contributed by atoms with Crippen molar-refractivity contribution in [3.8, 4) is 0 Å². The van der Waals surface area contributed by atoms with Crippen LogP contribution < -0.4 is 0 Å². The molecule has 2 aliphatic heterocycles. The second-order valence-corrected chi connectivity index (χ2v) is 10.4. The maximum absolute atomic E-state index is 12.9. The zero-order valence-corrected chi connectivity index (χ0v) is 18.6. The second kappa shape index (κ2) is 8.88. The molecule has 9 heteroatoms. The quantitative estimate of drug-likeness (QED) is 0.711. The third-order valence-electron chi connectivity index (χ3n) is 5.71. The molecule has 2 unspecified atom stereocenters. The number of carbonyl (C=O) groups is 1. The summed E-state index contributed by atoms with van der Waals surface area (Å²) in [6, 6.07) is 5.15. The maximum atomic E-state index is 12.9. The molecule has 0 aliphatic carbocycles. The predicted molar refractivity (Wildman–Crippen MR) is 111 cm³/mol. The number of rotatable bonds is 4. The summed E-state index contributed by atoms with van der Waals surface area (Å²) in [5, 5.41) is 0.270. The van der Waals surface area contributed by atoms with Crippen molar-refractivity contribution in [2.45, 2.75) is 50.1 Å². The highest BCUT2D eigenvalue weighted by molar-refractivity contribution is 7.89. The van der Waals surface area contributed by atoms with Crippen molar-refractivity contribution in [2.75, 3.05) is 32.7 Å². The molecule has 28 heavy (non-hydrogen) atoms. The van der Waals surface area contributed by atoms with Gasteiger partial charge in [0.1, 0.15) is 4.90 Å². The summed E-state index contributed by atoms with van der Waals surface area (Å²) < 4.78 is 27.2. The van der Waals surface area contributed by atoms with Crippen molar-refractivity contribution in [2.24, 2.45) is 0 Å². The van der Waals surface area contributed by atoms with Crippen molar-refractivity contribution in [1.82, 2.24) is 14.1 Å². The SMILES string of the molecule is CC1CCCC(C)N1C(=O)CN1CCN(S(=O)(=O)c2cccc(Cl)c2Cl)CC1. The van der Waals surface area contributed by atoms with Crippen LogP contribution in [0.25, 0.3) is 0 Å². The lowest BCUT2D eigenvalue weighted by atomic mass is 9.97. The topological polar surface area (TPSA) is 60.9 Å². The van der Waals surface area contributed by atoms with Crippen LogP contribution >= 0.6 is 23.2 Å². The molecule has 2 saturated heterocycles. The molecule has 0 bridgehead atoms. The number of halogens is 2. The Morgan fingerprint density at radius 3 is 2.29 bits per heavy atom. The number of sulfonamides is 1. The number of hydrogen-bond acceptors (Lipinski definition) is 4. The summed E-state index contributed by atoms with van der Waals surface area (Å²) in [5.74, 6) is 0.133. The zero-order chi connectivity index (χ0) is 20.5. The lowest BCUT2D eigenvalue weighted by molar-refractivity contribution is -0.138. The summed E-state index contributed by atoms with van der Waals surface area (Å²) in [7, 11) is -3.71. The molecule has 6 nitrogen and oxygen atoms in total. The molecule has 0 spiro atoms. The van der Waals surface area contributed by atoms with Gasteiger partial charge in [-0.15, -0.1) is 0 Å². The first-order valence-electron chi connectivity index (χ1n) is 9.69. The summed E-state index contributed by atoms with van der Waals surface area (Å²) in [5.41, 5.74) is 0. The smallest absolute Gasteiger partial charge is 0.244 e. The number of nitrogens with zero attached hydrogens (tertiary/aromatic N) is 3. The molecule has 2 fully saturated rings. The molecule has 2 aliphatic rings. The number of piperazine rings is 1. The first-order valence-corrected chi connectivity index (χ1v) is 11.9. The van der Waals surface area contributed by atoms with E-state index in [0.717, 1.165) is 19.3 Å². The summed E-state index contributed by atoms with van der Waals surface area (Å²) in [6.45, 7) is 6.22. The average Bonchev–Trinajstić information content (AvgIpc) is 2.64. The minimum Gasteiger partial charge on any atom is -0.336 e. The van der Waals surface area contributed by atoms with Gasteiger partial charge in [-0.25, -0.2) is 8.42 Å². The van der Waals surface area contributed by atoms with E-state index in [0.29, 0.717) is 32.7 Å². The Kier molecular flexibility index (Phi) is 6.92. The summed E-state index contributed by atoms with van der Waals surface area (Å²) in [6.07, 6.45) is 3.25. The zero-order valence-electron chi connectivity index (χ0n) is 16.3. The van der Waals surface area contributed by atoms with Crippen molar-refractivity contribution in [1.29, 1.82) is 0 Å². The number of amides is 1. The maximum Gasteiger partial charge on any atom is 0.244 e. The summed E-state index contributed by atoms with van der Waals surface area (Å²) >= 11 is 12.1. The lowest BCUT2D eigenvalue weighted by Gasteiger charge is -2.41. The van der Waals surface area contributed by atoms with Crippen LogP contribution in [0.4, 0.5) is 0 Å². The normalized spacial score (nSPS) is 25.1. The highest BCUT2D eigenvalue weighted by Gasteiger charge is 2.33. The molecule has 1 aromatic carbocycles. The van der Waals surface area contributed by atoms with E-state index in [4.69, 9.17) is 23.2 Å². The Morgan fingerprint density at radius 1 is 1.07 bits per heavy atom. The van der Waals surface area contributed by atoms with Gasteiger partial charge in [0.25, 0.3) is 0 Å². The van der Waals surface area contributed by atoms with Gasteiger partial charge in [0.15, 0.2) is 0 Å². The average molecular weight is 448 g/mol. The predicted octanol–water partition coefficient (Wildman–Crippen LogP) is 3.09. The minimum absolute atomic E-state index is 0.0298. The molecule has 0 saturated carbocycles. The monoisotopic (exact) mass is 447 g/mol. The third kappa shape index (κ3) is 4.49. The van der Waals surface area contributed by atoms with Gasteiger partial charge in [0.05, 0.1) is 16.6 Å². The molecule has 0 N–H and O–H groups in total. The number of carbonyl (C=O) groups excluding carboxylic acids is 1. The molecule has 3 rings (SSSR count). The van der Waals surface area contributed by atoms with Crippen LogP contribution in [-0.4, -0.2) is 73.2 Å². The van der Waals surface area contributed by atoms with Gasteiger partial charge in [-0.1, -0.05) is 29.3 Å². The Labute approximate surface area is 177 Å². The van der Waals surface area contributed by atoms with Crippen LogP contribution in [0.5, 0.6) is 0 Å². The van der Waals surface area contributed by atoms with Crippen molar-refractivity contribution in [3.05, 3.63) is 28.2 Å². The van der Waals surface area contributed by atoms with Crippen LogP contribution in [0, 0.1) is 0 Å². The Morgan fingerprint density at radius 2 is 1.68 bits per heavy atom. The number of piperidine rings is 1. The van der Waals surface area contributed by atoms with E-state index in [9.17, 15) is 13.2 Å². The fourth-order valence-electron chi connectivity index (χ4n) is 4.14. The van der Waals surface area contributed by atoms with Crippen LogP contribution in [0.15, 0.2) is 23.1 Å². The minimum atomic E-state index is -3.71. The van der Waals surface area contributed by atoms with Gasteiger partial charge in [0, 0.05) is 38.3 Å². The standard InChI is InChI=1S/C19H27Cl2N3O3S/c1-14-5-3-6-15(2)24(14)18(25)13-22-9-11-23(12-10-22)28(26,27)17-8-4-7-16(20)19(17)21/h4,7-8,14-15H,3,5-6,9-13H2,1-2H3. The second-order valence-electron chi connectivity index (χ2n) is 7.66. The molecule has 2 atom stereocenters. The van der Waals surface area contributed by atoms with Gasteiger partial charge < -0.3 is 4.90 Å². The van der Waals surface area contributed by atoms with E-state index >= 15 is 0 Å². The van der Waals surface area contributed by atoms with E-state index in [-0.39, 0.29) is 32.9 Å². The van der Waals surface area contributed by atoms with Gasteiger partial charge >= 0.3 is 0 Å². The van der Waals surface area contributed by atoms with Gasteiger partial charge in [-0.05, 0) is 45.2 Å². The Hall–Kier alpha value is -0.860. The van der Waals surface area contributed by atoms with E-state index in [1.165, 1.54) is 10.4 Å². The first kappa shape index (κ1) is 21.8. The summed E-state index contributed by atoms with van der Waals surface area (Å²) in [4.78, 5) is 16.8.